The first-order chi connectivity index (χ1) is 12.0. The predicted molar refractivity (Wildman–Crippen MR) is 94.5 cm³/mol. The Bertz CT molecular complexity index is 999. The van der Waals surface area contributed by atoms with Crippen molar-refractivity contribution in [3.8, 4) is 0 Å². The van der Waals surface area contributed by atoms with E-state index in [-0.39, 0.29) is 29.5 Å². The van der Waals surface area contributed by atoms with E-state index in [4.69, 9.17) is 4.42 Å². The third-order valence-corrected chi connectivity index (χ3v) is 4.79. The van der Waals surface area contributed by atoms with E-state index in [9.17, 15) is 14.4 Å². The maximum Gasteiger partial charge on any atom is 0.307 e. The summed E-state index contributed by atoms with van der Waals surface area (Å²) in [6, 6.07) is 7.33. The molecule has 0 unspecified atom stereocenters. The maximum absolute atomic E-state index is 12.2. The van der Waals surface area contributed by atoms with Gasteiger partial charge in [0, 0.05) is 35.0 Å². The minimum Gasteiger partial charge on any atom is -0.451 e. The minimum absolute atomic E-state index is 0.0802. The molecular formula is C17H17N3O4S. The number of aromatic nitrogens is 1. The fraction of sp³-hybridized carbons (Fsp3) is 0.235. The number of nitrogens with zero attached hydrogens (tertiary/aromatic N) is 1. The van der Waals surface area contributed by atoms with E-state index in [1.165, 1.54) is 4.57 Å². The molecule has 8 heteroatoms. The van der Waals surface area contributed by atoms with Crippen molar-refractivity contribution in [1.82, 2.24) is 15.4 Å². The van der Waals surface area contributed by atoms with Crippen LogP contribution < -0.4 is 15.7 Å². The SMILES string of the molecule is Cc1c(C(=O)NNC(=O)CCn2c(C)csc2=O)oc2ccccc12. The Hall–Kier alpha value is -2.87. The molecule has 2 N–H and O–H groups in total. The second kappa shape index (κ2) is 6.94. The smallest absolute Gasteiger partial charge is 0.307 e. The Balaban J connectivity index is 1.59. The number of thiazole rings is 1. The lowest BCUT2D eigenvalue weighted by Crippen LogP contribution is -2.42. The molecule has 130 valence electrons. The summed E-state index contributed by atoms with van der Waals surface area (Å²) >= 11 is 1.10. The summed E-state index contributed by atoms with van der Waals surface area (Å²) in [7, 11) is 0. The lowest BCUT2D eigenvalue weighted by Gasteiger charge is -2.07. The molecule has 1 aromatic carbocycles. The molecule has 2 heterocycles. The first kappa shape index (κ1) is 17.0. The van der Waals surface area contributed by atoms with E-state index in [2.05, 4.69) is 10.9 Å². The zero-order valence-electron chi connectivity index (χ0n) is 13.8. The summed E-state index contributed by atoms with van der Waals surface area (Å²) in [5, 5.41) is 2.60. The first-order valence-corrected chi connectivity index (χ1v) is 8.57. The van der Waals surface area contributed by atoms with Crippen LogP contribution in [0.15, 0.2) is 38.9 Å². The van der Waals surface area contributed by atoms with Crippen molar-refractivity contribution in [2.45, 2.75) is 26.8 Å². The first-order valence-electron chi connectivity index (χ1n) is 7.69. The van der Waals surface area contributed by atoms with Gasteiger partial charge >= 0.3 is 10.8 Å². The van der Waals surface area contributed by atoms with Crippen LogP contribution in [0.25, 0.3) is 11.0 Å². The molecule has 0 spiro atoms. The second-order valence-electron chi connectivity index (χ2n) is 5.60. The van der Waals surface area contributed by atoms with Crippen molar-refractivity contribution in [3.63, 3.8) is 0 Å². The number of aryl methyl sites for hydroxylation is 2. The van der Waals surface area contributed by atoms with E-state index in [0.717, 1.165) is 22.4 Å². The Kier molecular flexibility index (Phi) is 4.71. The van der Waals surface area contributed by atoms with E-state index in [0.29, 0.717) is 11.1 Å². The van der Waals surface area contributed by atoms with Gasteiger partial charge in [-0.3, -0.25) is 25.2 Å². The zero-order valence-corrected chi connectivity index (χ0v) is 14.6. The van der Waals surface area contributed by atoms with Crippen molar-refractivity contribution in [2.24, 2.45) is 0 Å². The van der Waals surface area contributed by atoms with E-state index in [1.807, 2.05) is 25.1 Å². The van der Waals surface area contributed by atoms with Gasteiger partial charge in [-0.05, 0) is 19.9 Å². The lowest BCUT2D eigenvalue weighted by molar-refractivity contribution is -0.122. The second-order valence-corrected chi connectivity index (χ2v) is 6.42. The van der Waals surface area contributed by atoms with Crippen molar-refractivity contribution in [1.29, 1.82) is 0 Å². The highest BCUT2D eigenvalue weighted by atomic mass is 32.1. The van der Waals surface area contributed by atoms with Crippen LogP contribution in [0.1, 0.15) is 28.2 Å². The van der Waals surface area contributed by atoms with Crippen LogP contribution in [-0.4, -0.2) is 16.4 Å². The van der Waals surface area contributed by atoms with Crippen molar-refractivity contribution < 1.29 is 14.0 Å². The molecule has 2 aromatic heterocycles. The number of nitrogens with one attached hydrogen (secondary N) is 2. The molecule has 0 fully saturated rings. The number of hydrogen-bond donors (Lipinski definition) is 2. The van der Waals surface area contributed by atoms with Crippen molar-refractivity contribution in [2.75, 3.05) is 0 Å². The van der Waals surface area contributed by atoms with Gasteiger partial charge in [0.25, 0.3) is 0 Å². The van der Waals surface area contributed by atoms with Crippen molar-refractivity contribution in [3.05, 3.63) is 56.3 Å². The van der Waals surface area contributed by atoms with Gasteiger partial charge in [-0.2, -0.15) is 0 Å². The number of rotatable bonds is 4. The van der Waals surface area contributed by atoms with Crippen LogP contribution >= 0.6 is 11.3 Å². The molecule has 0 radical (unpaired) electrons. The summed E-state index contributed by atoms with van der Waals surface area (Å²) in [5.74, 6) is -0.753. The normalized spacial score (nSPS) is 10.8. The molecule has 0 aliphatic rings. The Morgan fingerprint density at radius 3 is 2.64 bits per heavy atom. The van der Waals surface area contributed by atoms with Crippen LogP contribution in [0.3, 0.4) is 0 Å². The van der Waals surface area contributed by atoms with Crippen LogP contribution in [0, 0.1) is 13.8 Å². The number of furan rings is 1. The van der Waals surface area contributed by atoms with E-state index < -0.39 is 5.91 Å². The van der Waals surface area contributed by atoms with Crippen molar-refractivity contribution >= 4 is 34.1 Å². The van der Waals surface area contributed by atoms with E-state index >= 15 is 0 Å². The van der Waals surface area contributed by atoms with Gasteiger partial charge in [0.15, 0.2) is 5.76 Å². The number of amides is 2. The molecule has 7 nitrogen and oxygen atoms in total. The van der Waals surface area contributed by atoms with Gasteiger partial charge in [0.1, 0.15) is 5.58 Å². The average molecular weight is 359 g/mol. The summed E-state index contributed by atoms with van der Waals surface area (Å²) in [6.07, 6.45) is 0.0802. The molecule has 0 saturated carbocycles. The third kappa shape index (κ3) is 3.48. The van der Waals surface area contributed by atoms with Gasteiger partial charge in [-0.1, -0.05) is 29.5 Å². The molecule has 0 saturated heterocycles. The Morgan fingerprint density at radius 1 is 1.20 bits per heavy atom. The lowest BCUT2D eigenvalue weighted by atomic mass is 10.1. The molecule has 25 heavy (non-hydrogen) atoms. The standard InChI is InChI=1S/C17H17N3O4S/c1-10-9-25-17(23)20(10)8-7-14(21)18-19-16(22)15-11(2)12-5-3-4-6-13(12)24-15/h3-6,9H,7-8H2,1-2H3,(H,18,21)(H,19,22). The van der Waals surface area contributed by atoms with E-state index in [1.54, 1.807) is 18.4 Å². The highest BCUT2D eigenvalue weighted by Crippen LogP contribution is 2.24. The van der Waals surface area contributed by atoms with Crippen LogP contribution in [0.2, 0.25) is 0 Å². The summed E-state index contributed by atoms with van der Waals surface area (Å²) in [4.78, 5) is 35.6. The summed E-state index contributed by atoms with van der Waals surface area (Å²) in [5.41, 5.74) is 6.82. The number of hydrazine groups is 1. The highest BCUT2D eigenvalue weighted by Gasteiger charge is 2.17. The molecule has 0 atom stereocenters. The summed E-state index contributed by atoms with van der Waals surface area (Å²) in [6.45, 7) is 3.86. The Labute approximate surface area is 147 Å². The molecule has 0 aliphatic carbocycles. The minimum atomic E-state index is -0.522. The van der Waals surface area contributed by atoms with Crippen LogP contribution in [0.5, 0.6) is 0 Å². The van der Waals surface area contributed by atoms with Crippen LogP contribution in [-0.2, 0) is 11.3 Å². The Morgan fingerprint density at radius 2 is 1.96 bits per heavy atom. The monoisotopic (exact) mass is 359 g/mol. The molecule has 3 rings (SSSR count). The molecule has 0 aliphatic heterocycles. The van der Waals surface area contributed by atoms with Gasteiger partial charge in [-0.15, -0.1) is 0 Å². The molecule has 3 aromatic rings. The fourth-order valence-corrected chi connectivity index (χ4v) is 3.29. The number of carbonyl (C=O) groups excluding carboxylic acids is 2. The predicted octanol–water partition coefficient (Wildman–Crippen LogP) is 2.12. The molecule has 0 bridgehead atoms. The average Bonchev–Trinajstić information content (AvgIpc) is 3.11. The van der Waals surface area contributed by atoms with Gasteiger partial charge in [0.2, 0.25) is 5.91 Å². The fourth-order valence-electron chi connectivity index (χ4n) is 2.52. The number of carbonyl (C=O) groups is 2. The summed E-state index contributed by atoms with van der Waals surface area (Å²) < 4.78 is 7.06. The molecule has 2 amide bonds. The number of benzene rings is 1. The topological polar surface area (TPSA) is 93.3 Å². The van der Waals surface area contributed by atoms with Gasteiger partial charge in [0.05, 0.1) is 0 Å². The van der Waals surface area contributed by atoms with Gasteiger partial charge in [-0.25, -0.2) is 0 Å². The highest BCUT2D eigenvalue weighted by molar-refractivity contribution is 7.07. The molecular weight excluding hydrogens is 342 g/mol. The number of para-hydroxylation sites is 1. The zero-order chi connectivity index (χ0) is 18.0. The number of hydrogen-bond acceptors (Lipinski definition) is 5. The van der Waals surface area contributed by atoms with Gasteiger partial charge < -0.3 is 8.98 Å². The number of fused-ring (bicyclic) bond motifs is 1. The maximum atomic E-state index is 12.2. The van der Waals surface area contributed by atoms with Crippen LogP contribution in [0.4, 0.5) is 0 Å². The quantitative estimate of drug-likeness (QED) is 0.698. The largest absolute Gasteiger partial charge is 0.451 e. The third-order valence-electron chi connectivity index (χ3n) is 3.90.